The van der Waals surface area contributed by atoms with Crippen LogP contribution in [0.25, 0.3) is 6.08 Å². The van der Waals surface area contributed by atoms with Gasteiger partial charge >= 0.3 is 13.4 Å². The first kappa shape index (κ1) is 21.6. The van der Waals surface area contributed by atoms with Gasteiger partial charge in [0.05, 0.1) is 24.9 Å². The SMILES string of the molecule is COCC1OC(n2cc(C=CCOP(=O)(N3CC3)N3CC3)c(=O)[nH]c2=O)CC1OC. The van der Waals surface area contributed by atoms with Crippen LogP contribution in [0.15, 0.2) is 21.9 Å². The summed E-state index contributed by atoms with van der Waals surface area (Å²) in [5, 5.41) is 0. The monoisotopic (exact) mass is 442 g/mol. The summed E-state index contributed by atoms with van der Waals surface area (Å²) in [6.07, 6.45) is 3.99. The fourth-order valence-electron chi connectivity index (χ4n) is 3.52. The summed E-state index contributed by atoms with van der Waals surface area (Å²) in [4.78, 5) is 26.8. The Morgan fingerprint density at radius 1 is 1.23 bits per heavy atom. The summed E-state index contributed by atoms with van der Waals surface area (Å²) >= 11 is 0. The second-order valence-electron chi connectivity index (χ2n) is 7.44. The van der Waals surface area contributed by atoms with Crippen LogP contribution < -0.4 is 11.2 Å². The number of ether oxygens (including phenoxy) is 3. The molecule has 0 saturated carbocycles. The number of rotatable bonds is 10. The summed E-state index contributed by atoms with van der Waals surface area (Å²) in [6, 6.07) is 0. The zero-order chi connectivity index (χ0) is 21.3. The van der Waals surface area contributed by atoms with Crippen LogP contribution in [-0.4, -0.2) is 84.7 Å². The molecular weight excluding hydrogens is 415 g/mol. The largest absolute Gasteiger partial charge is 0.382 e. The van der Waals surface area contributed by atoms with E-state index in [1.807, 2.05) is 9.34 Å². The molecule has 11 nitrogen and oxygen atoms in total. The summed E-state index contributed by atoms with van der Waals surface area (Å²) in [6.45, 7) is 3.54. The first-order chi connectivity index (χ1) is 14.5. The van der Waals surface area contributed by atoms with Gasteiger partial charge < -0.3 is 18.7 Å². The Hall–Kier alpha value is -1.59. The van der Waals surface area contributed by atoms with E-state index in [2.05, 4.69) is 4.98 Å². The molecule has 30 heavy (non-hydrogen) atoms. The molecule has 1 aromatic rings. The molecule has 3 aliphatic heterocycles. The van der Waals surface area contributed by atoms with Crippen LogP contribution in [-0.2, 0) is 23.3 Å². The van der Waals surface area contributed by atoms with Crippen molar-refractivity contribution in [3.63, 3.8) is 0 Å². The Bertz CT molecular complexity index is 937. The zero-order valence-electron chi connectivity index (χ0n) is 17.1. The van der Waals surface area contributed by atoms with E-state index in [9.17, 15) is 14.2 Å². The van der Waals surface area contributed by atoms with Crippen LogP contribution >= 0.6 is 7.67 Å². The van der Waals surface area contributed by atoms with Gasteiger partial charge in [-0.1, -0.05) is 6.08 Å². The van der Waals surface area contributed by atoms with Gasteiger partial charge in [-0.15, -0.1) is 0 Å². The highest BCUT2D eigenvalue weighted by Gasteiger charge is 2.49. The Labute approximate surface area is 173 Å². The van der Waals surface area contributed by atoms with Crippen molar-refractivity contribution in [1.29, 1.82) is 0 Å². The predicted octanol–water partition coefficient (Wildman–Crippen LogP) is 0.255. The highest BCUT2D eigenvalue weighted by molar-refractivity contribution is 7.54. The van der Waals surface area contributed by atoms with Gasteiger partial charge in [0, 0.05) is 53.0 Å². The lowest BCUT2D eigenvalue weighted by Gasteiger charge is -2.18. The fraction of sp³-hybridized carbons (Fsp3) is 0.667. The maximum atomic E-state index is 12.9. The minimum absolute atomic E-state index is 0.102. The molecule has 4 rings (SSSR count). The van der Waals surface area contributed by atoms with Gasteiger partial charge in [-0.3, -0.25) is 18.9 Å². The molecule has 0 aromatic carbocycles. The van der Waals surface area contributed by atoms with Crippen molar-refractivity contribution in [2.75, 3.05) is 53.6 Å². The van der Waals surface area contributed by atoms with Crippen LogP contribution in [0, 0.1) is 0 Å². The van der Waals surface area contributed by atoms with E-state index in [4.69, 9.17) is 18.7 Å². The van der Waals surface area contributed by atoms with Crippen molar-refractivity contribution in [2.24, 2.45) is 0 Å². The van der Waals surface area contributed by atoms with Crippen LogP contribution in [0.5, 0.6) is 0 Å². The molecule has 3 fully saturated rings. The number of nitrogens with one attached hydrogen (secondary N) is 1. The summed E-state index contributed by atoms with van der Waals surface area (Å²) in [5.41, 5.74) is -0.791. The van der Waals surface area contributed by atoms with Crippen LogP contribution in [0.3, 0.4) is 0 Å². The molecule has 0 aliphatic carbocycles. The first-order valence-corrected chi connectivity index (χ1v) is 11.4. The number of nitrogens with zero attached hydrogens (tertiary/aromatic N) is 3. The minimum Gasteiger partial charge on any atom is -0.382 e. The van der Waals surface area contributed by atoms with Crippen LogP contribution in [0.4, 0.5) is 0 Å². The maximum absolute atomic E-state index is 12.9. The van der Waals surface area contributed by atoms with Gasteiger partial charge in [0.15, 0.2) is 0 Å². The topological polar surface area (TPSA) is 115 Å². The Kier molecular flexibility index (Phi) is 6.40. The third-order valence-electron chi connectivity index (χ3n) is 5.32. The van der Waals surface area contributed by atoms with Gasteiger partial charge in [0.1, 0.15) is 12.3 Å². The van der Waals surface area contributed by atoms with Gasteiger partial charge in [0.2, 0.25) is 0 Å². The van der Waals surface area contributed by atoms with Crippen molar-refractivity contribution in [3.05, 3.63) is 38.7 Å². The average molecular weight is 442 g/mol. The first-order valence-electron chi connectivity index (χ1n) is 9.91. The van der Waals surface area contributed by atoms with Crippen LogP contribution in [0.2, 0.25) is 0 Å². The maximum Gasteiger partial charge on any atom is 0.346 e. The lowest BCUT2D eigenvalue weighted by atomic mass is 10.2. The molecule has 0 spiro atoms. The van der Waals surface area contributed by atoms with Crippen molar-refractivity contribution >= 4 is 13.7 Å². The molecule has 4 heterocycles. The molecule has 166 valence electrons. The molecule has 3 atom stereocenters. The van der Waals surface area contributed by atoms with Crippen molar-refractivity contribution in [2.45, 2.75) is 24.9 Å². The van der Waals surface area contributed by atoms with Gasteiger partial charge in [-0.25, -0.2) is 14.1 Å². The standard InChI is InChI=1S/C18H27N4O7P/c1-26-12-15-14(27-2)10-16(29-15)22-11-13(17(23)19-18(22)24)4-3-9-28-30(25,20-5-6-20)21-7-8-21/h3-4,11,14-16H,5-10,12H2,1-2H3,(H,19,23,24). The number of aromatic amines is 1. The molecule has 1 N–H and O–H groups in total. The Balaban J connectivity index is 1.45. The molecule has 0 bridgehead atoms. The lowest BCUT2D eigenvalue weighted by Crippen LogP contribution is -2.33. The van der Waals surface area contributed by atoms with E-state index in [0.29, 0.717) is 13.0 Å². The number of hydrogen-bond acceptors (Lipinski definition) is 7. The van der Waals surface area contributed by atoms with Gasteiger partial charge in [-0.05, 0) is 6.08 Å². The number of hydrogen-bond donors (Lipinski definition) is 1. The fourth-order valence-corrected chi connectivity index (χ4v) is 5.67. The van der Waals surface area contributed by atoms with E-state index in [1.54, 1.807) is 26.4 Å². The van der Waals surface area contributed by atoms with E-state index >= 15 is 0 Å². The highest BCUT2D eigenvalue weighted by Crippen LogP contribution is 2.60. The molecule has 3 aliphatic rings. The molecule has 3 unspecified atom stereocenters. The molecule has 0 amide bonds. The zero-order valence-corrected chi connectivity index (χ0v) is 18.0. The third-order valence-corrected chi connectivity index (χ3v) is 8.03. The molecule has 0 radical (unpaired) electrons. The molecule has 12 heteroatoms. The highest BCUT2D eigenvalue weighted by atomic mass is 31.2. The van der Waals surface area contributed by atoms with Crippen molar-refractivity contribution in [1.82, 2.24) is 18.9 Å². The minimum atomic E-state index is -2.90. The third kappa shape index (κ3) is 4.52. The second kappa shape index (κ2) is 8.88. The van der Waals surface area contributed by atoms with E-state index in [-0.39, 0.29) is 24.4 Å². The van der Waals surface area contributed by atoms with Crippen molar-refractivity contribution < 1.29 is 23.3 Å². The number of H-pyrrole nitrogens is 1. The van der Waals surface area contributed by atoms with E-state index in [1.165, 1.54) is 10.8 Å². The quantitative estimate of drug-likeness (QED) is 0.402. The van der Waals surface area contributed by atoms with Gasteiger partial charge in [0.25, 0.3) is 5.56 Å². The average Bonchev–Trinajstić information content (AvgIpc) is 3.63. The van der Waals surface area contributed by atoms with Gasteiger partial charge in [-0.2, -0.15) is 0 Å². The number of methoxy groups -OCH3 is 2. The second-order valence-corrected chi connectivity index (χ2v) is 9.81. The Morgan fingerprint density at radius 2 is 1.93 bits per heavy atom. The van der Waals surface area contributed by atoms with E-state index < -0.39 is 25.1 Å². The molecule has 3 saturated heterocycles. The van der Waals surface area contributed by atoms with Crippen LogP contribution in [0.1, 0.15) is 18.2 Å². The van der Waals surface area contributed by atoms with Crippen molar-refractivity contribution in [3.8, 4) is 0 Å². The number of aromatic nitrogens is 2. The molecule has 1 aromatic heterocycles. The normalized spacial score (nSPS) is 27.2. The summed E-state index contributed by atoms with van der Waals surface area (Å²) in [5.74, 6) is 0. The summed E-state index contributed by atoms with van der Waals surface area (Å²) < 4.78 is 40.0. The smallest absolute Gasteiger partial charge is 0.346 e. The predicted molar refractivity (Wildman–Crippen MR) is 108 cm³/mol. The Morgan fingerprint density at radius 3 is 2.53 bits per heavy atom. The van der Waals surface area contributed by atoms with E-state index in [0.717, 1.165) is 26.2 Å². The molecular formula is C18H27N4O7P. The summed E-state index contributed by atoms with van der Waals surface area (Å²) in [7, 11) is 0.246. The lowest BCUT2D eigenvalue weighted by molar-refractivity contribution is -0.0618.